The van der Waals surface area contributed by atoms with E-state index in [-0.39, 0.29) is 49.5 Å². The van der Waals surface area contributed by atoms with Crippen LogP contribution in [-0.2, 0) is 51.0 Å². The van der Waals surface area contributed by atoms with Crippen LogP contribution in [0.1, 0.15) is 96.1 Å². The number of benzene rings is 4. The number of likely N-dealkylation sites (N-methyl/N-ethyl adjacent to an activating group) is 2. The fourth-order valence-corrected chi connectivity index (χ4v) is 10.8. The highest BCUT2D eigenvalue weighted by Gasteiger charge is 2.46. The fourth-order valence-electron chi connectivity index (χ4n) is 9.32. The third-order valence-electron chi connectivity index (χ3n) is 13.5. The second-order valence-corrected chi connectivity index (χ2v) is 20.1. The number of ether oxygens (including phenoxy) is 4. The minimum Gasteiger partial charge on any atom is -0.467 e. The van der Waals surface area contributed by atoms with Gasteiger partial charge in [-0.15, -0.1) is 0 Å². The first-order valence-electron chi connectivity index (χ1n) is 23.8. The zero-order valence-corrected chi connectivity index (χ0v) is 45.9. The number of carbonyl (C=O) groups excluding carboxylic acids is 6. The molecular formula is C54H65Cl5N4O10. The van der Waals surface area contributed by atoms with Crippen molar-refractivity contribution in [3.05, 3.63) is 127 Å². The van der Waals surface area contributed by atoms with Gasteiger partial charge in [-0.05, 0) is 110 Å². The molecule has 2 atom stereocenters. The van der Waals surface area contributed by atoms with Crippen LogP contribution >= 0.6 is 58.0 Å². The number of hydrogen-bond acceptors (Lipinski definition) is 11. The molecule has 2 aliphatic rings. The number of hydrogen-bond donors (Lipinski definition) is 2. The summed E-state index contributed by atoms with van der Waals surface area (Å²) >= 11 is 28.7. The van der Waals surface area contributed by atoms with E-state index < -0.39 is 46.0 Å². The summed E-state index contributed by atoms with van der Waals surface area (Å²) in [5, 5.41) is 3.21. The molecule has 3 N–H and O–H groups in total. The average molecular weight is 1110 g/mol. The summed E-state index contributed by atoms with van der Waals surface area (Å²) < 4.78 is 20.5. The molecule has 2 aliphatic carbocycles. The Hall–Kier alpha value is -4.93. The van der Waals surface area contributed by atoms with Crippen molar-refractivity contribution in [3.8, 4) is 0 Å². The van der Waals surface area contributed by atoms with E-state index in [9.17, 15) is 28.8 Å². The van der Waals surface area contributed by atoms with E-state index in [0.29, 0.717) is 43.9 Å². The number of anilines is 2. The number of nitrogens with zero attached hydrogens (tertiary/aromatic N) is 2. The first kappa shape index (κ1) is 60.6. The molecule has 14 nitrogen and oxygen atoms in total. The van der Waals surface area contributed by atoms with Crippen LogP contribution in [0.25, 0.3) is 0 Å². The van der Waals surface area contributed by atoms with Crippen LogP contribution in [0.4, 0.5) is 11.4 Å². The monoisotopic (exact) mass is 1100 g/mol. The summed E-state index contributed by atoms with van der Waals surface area (Å²) in [5.74, 6) is -1.34. The molecule has 2 unspecified atom stereocenters. The van der Waals surface area contributed by atoms with Gasteiger partial charge in [-0.3, -0.25) is 19.2 Å². The van der Waals surface area contributed by atoms with Crippen molar-refractivity contribution in [1.82, 2.24) is 9.80 Å². The summed E-state index contributed by atoms with van der Waals surface area (Å²) in [4.78, 5) is 78.4. The number of amides is 3. The summed E-state index contributed by atoms with van der Waals surface area (Å²) in [6, 6.07) is 22.6. The first-order chi connectivity index (χ1) is 34.8. The molecule has 396 valence electrons. The normalized spacial score (nSPS) is 15.0. The lowest BCUT2D eigenvalue weighted by atomic mass is 9.81. The van der Waals surface area contributed by atoms with E-state index in [4.69, 9.17) is 82.7 Å². The van der Waals surface area contributed by atoms with Crippen molar-refractivity contribution < 1.29 is 47.7 Å². The zero-order chi connectivity index (χ0) is 53.9. The Kier molecular flexibility index (Phi) is 24.3. The predicted molar refractivity (Wildman–Crippen MR) is 288 cm³/mol. The van der Waals surface area contributed by atoms with Gasteiger partial charge in [0.1, 0.15) is 12.1 Å². The van der Waals surface area contributed by atoms with Crippen LogP contribution in [0, 0.1) is 10.8 Å². The zero-order valence-electron chi connectivity index (χ0n) is 42.1. The standard InChI is InChI=1S/C27H32Cl2N2O5.C20H30N2O4.C7H3Cl3O/c1-31(26(34)27(15-16-35-2)13-4-5-14-27)22(25(33)36-3)17-18-9-11-19(12-10-18)30-24(32)23-20(28)7-6-8-21(23)29;1-22(19(24)20(12-13-25-2)10-4-5-11-20)17(18(23)26-3)14-15-6-8-16(21)9-7-15;8-4-2-1-3-5(9)6(4)7(10)11/h6-12,22H,4-5,13-17H2,1-3H3,(H,30,32);6-9,17H,4-5,10-14,21H2,1-3H3;1-3H. The van der Waals surface area contributed by atoms with Crippen LogP contribution in [0.3, 0.4) is 0 Å². The van der Waals surface area contributed by atoms with Crippen molar-refractivity contribution in [1.29, 1.82) is 0 Å². The molecule has 3 amide bonds. The summed E-state index contributed by atoms with van der Waals surface area (Å²) in [5.41, 5.74) is 8.11. The van der Waals surface area contributed by atoms with Crippen molar-refractivity contribution in [2.24, 2.45) is 10.8 Å². The number of esters is 2. The quantitative estimate of drug-likeness (QED) is 0.0517. The Balaban J connectivity index is 0.000000270. The average Bonchev–Trinajstić information content (AvgIpc) is 4.08. The van der Waals surface area contributed by atoms with Crippen molar-refractivity contribution in [3.63, 3.8) is 0 Å². The molecule has 2 fully saturated rings. The number of nitrogens with one attached hydrogen (secondary N) is 1. The Morgan fingerprint density at radius 3 is 1.26 bits per heavy atom. The molecule has 6 rings (SSSR count). The molecule has 19 heteroatoms. The molecule has 0 aromatic heterocycles. The van der Waals surface area contributed by atoms with Crippen LogP contribution < -0.4 is 11.1 Å². The number of nitrogens with two attached hydrogens (primary N) is 1. The summed E-state index contributed by atoms with van der Waals surface area (Å²) in [6.07, 6.45) is 9.28. The highest BCUT2D eigenvalue weighted by Crippen LogP contribution is 2.44. The minimum atomic E-state index is -0.773. The van der Waals surface area contributed by atoms with Gasteiger partial charge in [0.05, 0.1) is 56.3 Å². The SMILES string of the molecule is COCCC1(C(=O)N(C)C(Cc2ccc(N)cc2)C(=O)OC)CCCC1.COCCC1(C(=O)N(C)C(Cc2ccc(NC(=O)c3c(Cl)cccc3Cl)cc2)C(=O)OC)CCCC1.O=C(Cl)c1c(Cl)cccc1Cl. The lowest BCUT2D eigenvalue weighted by molar-refractivity contribution is -0.156. The van der Waals surface area contributed by atoms with Crippen molar-refractivity contribution >= 4 is 104 Å². The maximum Gasteiger partial charge on any atom is 0.328 e. The molecule has 2 saturated carbocycles. The molecule has 73 heavy (non-hydrogen) atoms. The summed E-state index contributed by atoms with van der Waals surface area (Å²) in [6.45, 7) is 1.04. The van der Waals surface area contributed by atoms with Crippen LogP contribution in [-0.4, -0.2) is 113 Å². The molecule has 0 heterocycles. The third-order valence-corrected chi connectivity index (χ3v) is 15.0. The van der Waals surface area contributed by atoms with Gasteiger partial charge in [0.15, 0.2) is 0 Å². The summed E-state index contributed by atoms with van der Waals surface area (Å²) in [7, 11) is 9.32. The molecule has 0 saturated heterocycles. The molecule has 0 spiro atoms. The molecule has 0 aliphatic heterocycles. The van der Waals surface area contributed by atoms with Crippen LogP contribution in [0.2, 0.25) is 20.1 Å². The smallest absolute Gasteiger partial charge is 0.328 e. The van der Waals surface area contributed by atoms with Crippen LogP contribution in [0.15, 0.2) is 84.9 Å². The number of halogens is 5. The van der Waals surface area contributed by atoms with Gasteiger partial charge >= 0.3 is 11.9 Å². The van der Waals surface area contributed by atoms with E-state index in [2.05, 4.69) is 5.32 Å². The van der Waals surface area contributed by atoms with Gasteiger partial charge in [0, 0.05) is 65.7 Å². The van der Waals surface area contributed by atoms with Gasteiger partial charge in [-0.25, -0.2) is 9.59 Å². The van der Waals surface area contributed by atoms with Crippen molar-refractivity contribution in [2.75, 3.05) is 66.8 Å². The molecule has 0 radical (unpaired) electrons. The lowest BCUT2D eigenvalue weighted by Gasteiger charge is -2.35. The first-order valence-corrected chi connectivity index (χ1v) is 25.7. The Bertz CT molecular complexity index is 2460. The molecule has 4 aromatic carbocycles. The van der Waals surface area contributed by atoms with E-state index in [0.717, 1.165) is 62.5 Å². The topological polar surface area (TPSA) is 184 Å². The van der Waals surface area contributed by atoms with Gasteiger partial charge < -0.3 is 39.8 Å². The lowest BCUT2D eigenvalue weighted by Crippen LogP contribution is -2.50. The third kappa shape index (κ3) is 16.5. The Morgan fingerprint density at radius 2 is 0.932 bits per heavy atom. The molecule has 4 aromatic rings. The van der Waals surface area contributed by atoms with Gasteiger partial charge in [-0.2, -0.15) is 0 Å². The molecular weight excluding hydrogens is 1040 g/mol. The maximum atomic E-state index is 13.6. The molecule has 0 bridgehead atoms. The minimum absolute atomic E-state index is 0.0119. The number of carbonyl (C=O) groups is 6. The second-order valence-electron chi connectivity index (χ2n) is 18.1. The number of nitrogen functional groups attached to an aromatic ring is 1. The Labute approximate surface area is 453 Å². The van der Waals surface area contributed by atoms with Crippen molar-refractivity contribution in [2.45, 2.75) is 89.1 Å². The van der Waals surface area contributed by atoms with E-state index in [1.807, 2.05) is 12.1 Å². The second kappa shape index (κ2) is 29.2. The van der Waals surface area contributed by atoms with Gasteiger partial charge in [0.25, 0.3) is 11.1 Å². The number of rotatable bonds is 19. The fraction of sp³-hybridized carbons (Fsp3) is 0.444. The van der Waals surface area contributed by atoms with Crippen LogP contribution in [0.5, 0.6) is 0 Å². The van der Waals surface area contributed by atoms with E-state index in [1.54, 1.807) is 106 Å². The predicted octanol–water partition coefficient (Wildman–Crippen LogP) is 11.2. The number of methoxy groups -OCH3 is 4. The maximum absolute atomic E-state index is 13.6. The van der Waals surface area contributed by atoms with E-state index in [1.165, 1.54) is 19.1 Å². The van der Waals surface area contributed by atoms with E-state index >= 15 is 0 Å². The Morgan fingerprint density at radius 1 is 0.575 bits per heavy atom. The highest BCUT2D eigenvalue weighted by atomic mass is 35.5. The highest BCUT2D eigenvalue weighted by molar-refractivity contribution is 6.70. The van der Waals surface area contributed by atoms with Gasteiger partial charge in [-0.1, -0.05) is 108 Å². The largest absolute Gasteiger partial charge is 0.467 e. The van der Waals surface area contributed by atoms with Gasteiger partial charge in [0.2, 0.25) is 11.8 Å².